The largest absolute Gasteiger partial charge is 0.493 e. The lowest BCUT2D eigenvalue weighted by Gasteiger charge is -2.03. The van der Waals surface area contributed by atoms with Gasteiger partial charge >= 0.3 is 0 Å². The van der Waals surface area contributed by atoms with Crippen molar-refractivity contribution in [3.05, 3.63) is 24.2 Å². The normalized spacial score (nSPS) is 17.6. The molecule has 0 radical (unpaired) electrons. The van der Waals surface area contributed by atoms with E-state index >= 15 is 0 Å². The third-order valence-electron chi connectivity index (χ3n) is 3.18. The molecule has 1 aliphatic rings. The second-order valence-corrected chi connectivity index (χ2v) is 4.22. The topological polar surface area (TPSA) is 59.7 Å². The van der Waals surface area contributed by atoms with E-state index in [1.165, 1.54) is 0 Å². The first-order valence-electron chi connectivity index (χ1n) is 5.30. The van der Waals surface area contributed by atoms with E-state index in [2.05, 4.69) is 10.1 Å². The van der Waals surface area contributed by atoms with Gasteiger partial charge in [0, 0.05) is 6.20 Å². The van der Waals surface area contributed by atoms with E-state index in [1.807, 2.05) is 18.3 Å². The zero-order valence-corrected chi connectivity index (χ0v) is 9.05. The molecule has 0 bridgehead atoms. The molecule has 3 rings (SSSR count). The summed E-state index contributed by atoms with van der Waals surface area (Å²) in [6.45, 7) is 0.117. The summed E-state index contributed by atoms with van der Waals surface area (Å²) in [6, 6.07) is 3.72. The van der Waals surface area contributed by atoms with Crippen LogP contribution in [-0.4, -0.2) is 33.4 Å². The third-order valence-corrected chi connectivity index (χ3v) is 3.18. The van der Waals surface area contributed by atoms with Crippen molar-refractivity contribution in [3.63, 3.8) is 0 Å². The van der Waals surface area contributed by atoms with Crippen LogP contribution in [0.5, 0.6) is 5.75 Å². The average Bonchev–Trinajstić information content (AvgIpc) is 3.00. The average molecular weight is 219 g/mol. The highest BCUT2D eigenvalue weighted by molar-refractivity contribution is 5.53. The second kappa shape index (κ2) is 3.18. The lowest BCUT2D eigenvalue weighted by Crippen LogP contribution is -2.14. The number of methoxy groups -OCH3 is 1. The Balaban J connectivity index is 2.16. The number of pyridine rings is 1. The number of aliphatic hydroxyl groups excluding tert-OH is 1. The Hall–Kier alpha value is -1.62. The number of ether oxygens (including phenoxy) is 1. The minimum Gasteiger partial charge on any atom is -0.493 e. The third kappa shape index (κ3) is 1.21. The number of rotatable bonds is 3. The van der Waals surface area contributed by atoms with Gasteiger partial charge in [0.05, 0.1) is 19.1 Å². The zero-order chi connectivity index (χ0) is 11.2. The van der Waals surface area contributed by atoms with Crippen LogP contribution >= 0.6 is 0 Å². The second-order valence-electron chi connectivity index (χ2n) is 4.22. The zero-order valence-electron chi connectivity index (χ0n) is 9.05. The summed E-state index contributed by atoms with van der Waals surface area (Å²) >= 11 is 0. The van der Waals surface area contributed by atoms with Crippen LogP contribution in [0.15, 0.2) is 18.3 Å². The predicted molar refractivity (Wildman–Crippen MR) is 57.5 cm³/mol. The number of fused-ring (bicyclic) bond motifs is 1. The van der Waals surface area contributed by atoms with Gasteiger partial charge in [0.1, 0.15) is 0 Å². The number of hydrogen-bond donors (Lipinski definition) is 1. The highest BCUT2D eigenvalue weighted by atomic mass is 16.5. The molecule has 2 aromatic rings. The van der Waals surface area contributed by atoms with Crippen LogP contribution in [-0.2, 0) is 5.41 Å². The van der Waals surface area contributed by atoms with Crippen molar-refractivity contribution in [3.8, 4) is 5.75 Å². The molecule has 1 N–H and O–H groups in total. The molecule has 0 saturated heterocycles. The van der Waals surface area contributed by atoms with Crippen molar-refractivity contribution < 1.29 is 9.84 Å². The van der Waals surface area contributed by atoms with Crippen molar-refractivity contribution in [2.45, 2.75) is 18.3 Å². The quantitative estimate of drug-likeness (QED) is 0.828. The number of hydrogen-bond acceptors (Lipinski definition) is 4. The first kappa shape index (κ1) is 9.59. The maximum atomic E-state index is 9.34. The van der Waals surface area contributed by atoms with E-state index in [1.54, 1.807) is 11.6 Å². The minimum atomic E-state index is -0.197. The van der Waals surface area contributed by atoms with Crippen molar-refractivity contribution in [2.24, 2.45) is 0 Å². The van der Waals surface area contributed by atoms with Gasteiger partial charge in [-0.1, -0.05) is 0 Å². The highest BCUT2D eigenvalue weighted by Crippen LogP contribution is 2.46. The molecular formula is C11H13N3O2. The fraction of sp³-hybridized carbons (Fsp3) is 0.455. The SMILES string of the molecule is COc1cccn2nc(C3(CO)CC3)nc12. The summed E-state index contributed by atoms with van der Waals surface area (Å²) in [7, 11) is 1.61. The van der Waals surface area contributed by atoms with Crippen LogP contribution in [0, 0.1) is 0 Å². The van der Waals surface area contributed by atoms with Gasteiger partial charge in [-0.05, 0) is 25.0 Å². The van der Waals surface area contributed by atoms with Crippen molar-refractivity contribution in [1.82, 2.24) is 14.6 Å². The van der Waals surface area contributed by atoms with Gasteiger partial charge in [-0.15, -0.1) is 0 Å². The lowest BCUT2D eigenvalue weighted by molar-refractivity contribution is 0.250. The molecule has 84 valence electrons. The molecule has 0 unspecified atom stereocenters. The molecule has 0 aromatic carbocycles. The Morgan fingerprint density at radius 1 is 1.56 bits per heavy atom. The van der Waals surface area contributed by atoms with E-state index in [-0.39, 0.29) is 12.0 Å². The molecule has 1 aliphatic carbocycles. The van der Waals surface area contributed by atoms with Crippen molar-refractivity contribution in [1.29, 1.82) is 0 Å². The van der Waals surface area contributed by atoms with Gasteiger partial charge in [0.2, 0.25) is 0 Å². The maximum Gasteiger partial charge on any atom is 0.198 e. The van der Waals surface area contributed by atoms with Gasteiger partial charge in [-0.25, -0.2) is 9.50 Å². The molecule has 0 amide bonds. The summed E-state index contributed by atoms with van der Waals surface area (Å²) in [4.78, 5) is 4.46. The van der Waals surface area contributed by atoms with Gasteiger partial charge < -0.3 is 9.84 Å². The Labute approximate surface area is 92.7 Å². The van der Waals surface area contributed by atoms with E-state index in [0.717, 1.165) is 18.7 Å². The van der Waals surface area contributed by atoms with Gasteiger partial charge in [-0.2, -0.15) is 5.10 Å². The molecule has 1 fully saturated rings. The summed E-state index contributed by atoms with van der Waals surface area (Å²) in [5.41, 5.74) is 0.511. The Bertz CT molecular complexity index is 531. The smallest absolute Gasteiger partial charge is 0.198 e. The molecule has 0 spiro atoms. The van der Waals surface area contributed by atoms with Crippen LogP contribution in [0.2, 0.25) is 0 Å². The molecule has 5 heteroatoms. The molecule has 0 aliphatic heterocycles. The van der Waals surface area contributed by atoms with Gasteiger partial charge in [-0.3, -0.25) is 0 Å². The number of nitrogens with zero attached hydrogens (tertiary/aromatic N) is 3. The van der Waals surface area contributed by atoms with Gasteiger partial charge in [0.15, 0.2) is 17.2 Å². The minimum absolute atomic E-state index is 0.117. The molecule has 2 aromatic heterocycles. The molecule has 1 saturated carbocycles. The fourth-order valence-corrected chi connectivity index (χ4v) is 1.87. The molecule has 16 heavy (non-hydrogen) atoms. The van der Waals surface area contributed by atoms with Crippen LogP contribution in [0.25, 0.3) is 5.65 Å². The van der Waals surface area contributed by atoms with Crippen LogP contribution < -0.4 is 4.74 Å². The van der Waals surface area contributed by atoms with Crippen LogP contribution in [0.1, 0.15) is 18.7 Å². The molecular weight excluding hydrogens is 206 g/mol. The van der Waals surface area contributed by atoms with E-state index in [9.17, 15) is 5.11 Å². The summed E-state index contributed by atoms with van der Waals surface area (Å²) in [5, 5.41) is 13.7. The van der Waals surface area contributed by atoms with Crippen LogP contribution in [0.4, 0.5) is 0 Å². The Morgan fingerprint density at radius 2 is 2.38 bits per heavy atom. The fourth-order valence-electron chi connectivity index (χ4n) is 1.87. The molecule has 2 heterocycles. The number of aromatic nitrogens is 3. The first-order chi connectivity index (χ1) is 7.79. The highest BCUT2D eigenvalue weighted by Gasteiger charge is 2.47. The maximum absolute atomic E-state index is 9.34. The number of aliphatic hydroxyl groups is 1. The van der Waals surface area contributed by atoms with E-state index in [0.29, 0.717) is 11.4 Å². The predicted octanol–water partition coefficient (Wildman–Crippen LogP) is 0.762. The van der Waals surface area contributed by atoms with Crippen LogP contribution in [0.3, 0.4) is 0 Å². The van der Waals surface area contributed by atoms with Crippen molar-refractivity contribution >= 4 is 5.65 Å². The first-order valence-corrected chi connectivity index (χ1v) is 5.30. The summed E-state index contributed by atoms with van der Waals surface area (Å²) < 4.78 is 6.92. The summed E-state index contributed by atoms with van der Waals surface area (Å²) in [6.07, 6.45) is 3.76. The molecule has 0 atom stereocenters. The van der Waals surface area contributed by atoms with Gasteiger partial charge in [0.25, 0.3) is 0 Å². The molecule has 5 nitrogen and oxygen atoms in total. The lowest BCUT2D eigenvalue weighted by atomic mass is 10.1. The Morgan fingerprint density at radius 3 is 3.00 bits per heavy atom. The van der Waals surface area contributed by atoms with E-state index < -0.39 is 0 Å². The summed E-state index contributed by atoms with van der Waals surface area (Å²) in [5.74, 6) is 1.43. The monoisotopic (exact) mass is 219 g/mol. The standard InChI is InChI=1S/C11H13N3O2/c1-16-8-3-2-6-14-9(8)12-10(13-14)11(7-15)4-5-11/h2-3,6,15H,4-5,7H2,1H3. The Kier molecular flexibility index (Phi) is 1.91. The van der Waals surface area contributed by atoms with E-state index in [4.69, 9.17) is 4.74 Å². The van der Waals surface area contributed by atoms with Crippen molar-refractivity contribution in [2.75, 3.05) is 13.7 Å².